The SMILES string of the molecule is NC(=O)c1ccc(CN2CCC=C(Br)C2)c([N+](=O)[O-])c1. The summed E-state index contributed by atoms with van der Waals surface area (Å²) in [5.74, 6) is -0.664. The number of amides is 1. The van der Waals surface area contributed by atoms with Crippen LogP contribution in [-0.4, -0.2) is 28.8 Å². The monoisotopic (exact) mass is 339 g/mol. The van der Waals surface area contributed by atoms with Gasteiger partial charge >= 0.3 is 0 Å². The molecule has 1 aromatic rings. The van der Waals surface area contributed by atoms with Crippen LogP contribution in [0.15, 0.2) is 28.8 Å². The Balaban J connectivity index is 2.25. The Labute approximate surface area is 124 Å². The van der Waals surface area contributed by atoms with E-state index in [0.29, 0.717) is 12.1 Å². The minimum absolute atomic E-state index is 0.0630. The first-order valence-electron chi connectivity index (χ1n) is 6.11. The molecule has 1 heterocycles. The number of rotatable bonds is 4. The van der Waals surface area contributed by atoms with Crippen LogP contribution < -0.4 is 5.73 Å². The lowest BCUT2D eigenvalue weighted by Gasteiger charge is -2.25. The zero-order valence-electron chi connectivity index (χ0n) is 10.7. The summed E-state index contributed by atoms with van der Waals surface area (Å²) in [4.78, 5) is 23.8. The summed E-state index contributed by atoms with van der Waals surface area (Å²) < 4.78 is 1.08. The highest BCUT2D eigenvalue weighted by Crippen LogP contribution is 2.24. The Bertz CT molecular complexity index is 586. The molecule has 7 heteroatoms. The molecule has 6 nitrogen and oxygen atoms in total. The van der Waals surface area contributed by atoms with Crippen molar-refractivity contribution < 1.29 is 9.72 Å². The minimum Gasteiger partial charge on any atom is -0.366 e. The molecule has 2 rings (SSSR count). The molecule has 1 aliphatic rings. The molecular formula is C13H14BrN3O3. The van der Waals surface area contributed by atoms with E-state index in [1.54, 1.807) is 6.07 Å². The zero-order valence-corrected chi connectivity index (χ0v) is 12.3. The van der Waals surface area contributed by atoms with Crippen LogP contribution in [0.1, 0.15) is 22.3 Å². The number of nitro benzene ring substituents is 1. The number of benzene rings is 1. The Morgan fingerprint density at radius 3 is 2.85 bits per heavy atom. The smallest absolute Gasteiger partial charge is 0.274 e. The van der Waals surface area contributed by atoms with E-state index >= 15 is 0 Å². The fraction of sp³-hybridized carbons (Fsp3) is 0.308. The molecular weight excluding hydrogens is 326 g/mol. The first-order valence-corrected chi connectivity index (χ1v) is 6.90. The van der Waals surface area contributed by atoms with Crippen LogP contribution >= 0.6 is 15.9 Å². The highest BCUT2D eigenvalue weighted by molar-refractivity contribution is 9.11. The maximum Gasteiger partial charge on any atom is 0.274 e. The van der Waals surface area contributed by atoms with Gasteiger partial charge in [-0.3, -0.25) is 19.8 Å². The van der Waals surface area contributed by atoms with Gasteiger partial charge in [-0.25, -0.2) is 0 Å². The Morgan fingerprint density at radius 2 is 2.25 bits per heavy atom. The van der Waals surface area contributed by atoms with Gasteiger partial charge in [0, 0.05) is 41.3 Å². The largest absolute Gasteiger partial charge is 0.366 e. The van der Waals surface area contributed by atoms with Gasteiger partial charge in [-0.15, -0.1) is 0 Å². The molecule has 106 valence electrons. The summed E-state index contributed by atoms with van der Waals surface area (Å²) in [7, 11) is 0. The summed E-state index contributed by atoms with van der Waals surface area (Å²) in [6, 6.07) is 4.37. The predicted octanol–water partition coefficient (Wildman–Crippen LogP) is 2.18. The third kappa shape index (κ3) is 3.43. The Morgan fingerprint density at radius 1 is 1.50 bits per heavy atom. The highest BCUT2D eigenvalue weighted by Gasteiger charge is 2.20. The van der Waals surface area contributed by atoms with E-state index in [9.17, 15) is 14.9 Å². The number of nitro groups is 1. The summed E-state index contributed by atoms with van der Waals surface area (Å²) in [6.45, 7) is 2.05. The van der Waals surface area contributed by atoms with E-state index in [-0.39, 0.29) is 11.3 Å². The number of hydrogen-bond donors (Lipinski definition) is 1. The number of carbonyl (C=O) groups is 1. The molecule has 1 amide bonds. The third-order valence-corrected chi connectivity index (χ3v) is 3.72. The van der Waals surface area contributed by atoms with E-state index < -0.39 is 10.8 Å². The fourth-order valence-electron chi connectivity index (χ4n) is 2.16. The van der Waals surface area contributed by atoms with Gasteiger partial charge in [0.25, 0.3) is 5.69 Å². The van der Waals surface area contributed by atoms with Crippen LogP contribution in [0, 0.1) is 10.1 Å². The molecule has 1 aromatic carbocycles. The summed E-state index contributed by atoms with van der Waals surface area (Å²) in [5.41, 5.74) is 5.83. The van der Waals surface area contributed by atoms with Crippen LogP contribution in [0.3, 0.4) is 0 Å². The van der Waals surface area contributed by atoms with Gasteiger partial charge in [0.1, 0.15) is 0 Å². The van der Waals surface area contributed by atoms with Crippen LogP contribution in [0.2, 0.25) is 0 Å². The first kappa shape index (κ1) is 14.7. The van der Waals surface area contributed by atoms with Crippen LogP contribution in [0.25, 0.3) is 0 Å². The standard InChI is InChI=1S/C13H14BrN3O3/c14-11-2-1-5-16(8-11)7-10-4-3-9(13(15)18)6-12(10)17(19)20/h2-4,6H,1,5,7-8H2,(H2,15,18). The van der Waals surface area contributed by atoms with Crippen molar-refractivity contribution in [3.8, 4) is 0 Å². The fourth-order valence-corrected chi connectivity index (χ4v) is 2.74. The molecule has 0 unspecified atom stereocenters. The molecule has 0 bridgehead atoms. The maximum atomic E-state index is 11.1. The van der Waals surface area contributed by atoms with Crippen molar-refractivity contribution in [2.24, 2.45) is 5.73 Å². The van der Waals surface area contributed by atoms with E-state index in [1.165, 1.54) is 12.1 Å². The van der Waals surface area contributed by atoms with Crippen LogP contribution in [0.5, 0.6) is 0 Å². The molecule has 0 spiro atoms. The molecule has 0 aromatic heterocycles. The van der Waals surface area contributed by atoms with Crippen molar-refractivity contribution in [1.29, 1.82) is 0 Å². The number of carbonyl (C=O) groups excluding carboxylic acids is 1. The van der Waals surface area contributed by atoms with E-state index in [1.807, 2.05) is 0 Å². The van der Waals surface area contributed by atoms with Crippen molar-refractivity contribution in [3.63, 3.8) is 0 Å². The Hall–Kier alpha value is -1.73. The number of nitrogens with zero attached hydrogens (tertiary/aromatic N) is 2. The van der Waals surface area contributed by atoms with E-state index in [4.69, 9.17) is 5.73 Å². The number of halogens is 1. The van der Waals surface area contributed by atoms with Crippen molar-refractivity contribution in [1.82, 2.24) is 4.90 Å². The van der Waals surface area contributed by atoms with Crippen molar-refractivity contribution >= 4 is 27.5 Å². The first-order chi connectivity index (χ1) is 9.47. The molecule has 0 fully saturated rings. The average Bonchev–Trinajstić information content (AvgIpc) is 2.38. The van der Waals surface area contributed by atoms with Crippen LogP contribution in [0.4, 0.5) is 5.69 Å². The number of primary amides is 1. The molecule has 1 aliphatic heterocycles. The molecule has 0 radical (unpaired) electrons. The second kappa shape index (κ2) is 6.15. The molecule has 0 saturated heterocycles. The third-order valence-electron chi connectivity index (χ3n) is 3.15. The zero-order chi connectivity index (χ0) is 14.7. The topological polar surface area (TPSA) is 89.5 Å². The molecule has 0 aliphatic carbocycles. The summed E-state index contributed by atoms with van der Waals surface area (Å²) in [5, 5.41) is 11.1. The normalized spacial score (nSPS) is 15.8. The van der Waals surface area contributed by atoms with E-state index in [0.717, 1.165) is 24.0 Å². The van der Waals surface area contributed by atoms with Gasteiger partial charge < -0.3 is 5.73 Å². The molecule has 20 heavy (non-hydrogen) atoms. The second-order valence-electron chi connectivity index (χ2n) is 4.62. The lowest BCUT2D eigenvalue weighted by Crippen LogP contribution is -2.28. The van der Waals surface area contributed by atoms with Crippen molar-refractivity contribution in [3.05, 3.63) is 50.0 Å². The lowest BCUT2D eigenvalue weighted by molar-refractivity contribution is -0.385. The number of hydrogen-bond acceptors (Lipinski definition) is 4. The van der Waals surface area contributed by atoms with Gasteiger partial charge in [-0.2, -0.15) is 0 Å². The lowest BCUT2D eigenvalue weighted by atomic mass is 10.1. The molecule has 0 saturated carbocycles. The van der Waals surface area contributed by atoms with Gasteiger partial charge in [0.05, 0.1) is 4.92 Å². The quantitative estimate of drug-likeness (QED) is 0.672. The molecule has 2 N–H and O–H groups in total. The van der Waals surface area contributed by atoms with Crippen LogP contribution in [-0.2, 0) is 6.54 Å². The van der Waals surface area contributed by atoms with Gasteiger partial charge in [0.2, 0.25) is 5.91 Å². The van der Waals surface area contributed by atoms with E-state index in [2.05, 4.69) is 26.9 Å². The van der Waals surface area contributed by atoms with Gasteiger partial charge in [-0.1, -0.05) is 28.1 Å². The van der Waals surface area contributed by atoms with Gasteiger partial charge in [0.15, 0.2) is 0 Å². The molecule has 0 atom stereocenters. The predicted molar refractivity (Wildman–Crippen MR) is 78.5 cm³/mol. The number of nitrogens with two attached hydrogens (primary N) is 1. The maximum absolute atomic E-state index is 11.1. The average molecular weight is 340 g/mol. The second-order valence-corrected chi connectivity index (χ2v) is 5.63. The highest BCUT2D eigenvalue weighted by atomic mass is 79.9. The summed E-state index contributed by atoms with van der Waals surface area (Å²) in [6.07, 6.45) is 3.01. The Kier molecular flexibility index (Phi) is 4.51. The van der Waals surface area contributed by atoms with Gasteiger partial charge in [-0.05, 0) is 12.5 Å². The minimum atomic E-state index is -0.664. The summed E-state index contributed by atoms with van der Waals surface area (Å²) >= 11 is 3.44. The van der Waals surface area contributed by atoms with Crippen molar-refractivity contribution in [2.75, 3.05) is 13.1 Å². The van der Waals surface area contributed by atoms with Crippen molar-refractivity contribution in [2.45, 2.75) is 13.0 Å².